The maximum Gasteiger partial charge on any atom is 0.307 e. The Labute approximate surface area is 121 Å². The van der Waals surface area contributed by atoms with Crippen molar-refractivity contribution in [3.63, 3.8) is 0 Å². The summed E-state index contributed by atoms with van der Waals surface area (Å²) in [6.07, 6.45) is 6.11. The van der Waals surface area contributed by atoms with Crippen LogP contribution in [0.15, 0.2) is 0 Å². The Morgan fingerprint density at radius 3 is 2.75 bits per heavy atom. The molecule has 20 heavy (non-hydrogen) atoms. The van der Waals surface area contributed by atoms with Crippen LogP contribution in [-0.2, 0) is 14.3 Å². The van der Waals surface area contributed by atoms with Crippen LogP contribution in [0.5, 0.6) is 0 Å². The molecule has 0 bridgehead atoms. The Balaban J connectivity index is 2.10. The Morgan fingerprint density at radius 1 is 1.35 bits per heavy atom. The lowest BCUT2D eigenvalue weighted by atomic mass is 9.89. The van der Waals surface area contributed by atoms with Gasteiger partial charge in [-0.2, -0.15) is 0 Å². The van der Waals surface area contributed by atoms with Gasteiger partial charge in [-0.25, -0.2) is 0 Å². The summed E-state index contributed by atoms with van der Waals surface area (Å²) in [6.45, 7) is 3.74. The van der Waals surface area contributed by atoms with Crippen molar-refractivity contribution in [2.24, 2.45) is 0 Å². The lowest BCUT2D eigenvalue weighted by Gasteiger charge is -2.41. The number of ether oxygens (including phenoxy) is 1. The first-order valence-electron chi connectivity index (χ1n) is 7.76. The Bertz CT molecular complexity index is 364. The number of piperidine rings is 1. The summed E-state index contributed by atoms with van der Waals surface area (Å²) >= 11 is 0. The van der Waals surface area contributed by atoms with E-state index in [1.807, 2.05) is 4.90 Å². The van der Waals surface area contributed by atoms with Crippen LogP contribution in [-0.4, -0.2) is 48.6 Å². The largest absolute Gasteiger partial charge is 0.469 e. The van der Waals surface area contributed by atoms with Gasteiger partial charge >= 0.3 is 5.97 Å². The minimum atomic E-state index is -0.397. The lowest BCUT2D eigenvalue weighted by Crippen LogP contribution is -2.58. The maximum absolute atomic E-state index is 12.9. The Morgan fingerprint density at radius 2 is 2.15 bits per heavy atom. The molecule has 5 heteroatoms. The average Bonchev–Trinajstić information content (AvgIpc) is 2.97. The number of amides is 1. The molecule has 2 unspecified atom stereocenters. The van der Waals surface area contributed by atoms with Crippen molar-refractivity contribution < 1.29 is 14.3 Å². The molecule has 114 valence electrons. The van der Waals surface area contributed by atoms with Crippen LogP contribution in [0.3, 0.4) is 0 Å². The van der Waals surface area contributed by atoms with E-state index in [-0.39, 0.29) is 17.9 Å². The second-order valence-corrected chi connectivity index (χ2v) is 5.89. The molecule has 0 aliphatic carbocycles. The minimum absolute atomic E-state index is 0.00882. The smallest absolute Gasteiger partial charge is 0.307 e. The highest BCUT2D eigenvalue weighted by molar-refractivity contribution is 5.87. The van der Waals surface area contributed by atoms with Gasteiger partial charge < -0.3 is 15.0 Å². The Hall–Kier alpha value is -1.10. The molecule has 5 nitrogen and oxygen atoms in total. The van der Waals surface area contributed by atoms with E-state index >= 15 is 0 Å². The predicted molar refractivity (Wildman–Crippen MR) is 76.2 cm³/mol. The first kappa shape index (κ1) is 15.3. The number of nitrogens with zero attached hydrogens (tertiary/aromatic N) is 1. The van der Waals surface area contributed by atoms with Gasteiger partial charge in [0.05, 0.1) is 19.1 Å². The number of carbonyl (C=O) groups is 2. The van der Waals surface area contributed by atoms with Crippen LogP contribution in [0.25, 0.3) is 0 Å². The van der Waals surface area contributed by atoms with Gasteiger partial charge in [0.15, 0.2) is 0 Å². The molecule has 2 aliphatic rings. The number of methoxy groups -OCH3 is 1. The summed E-state index contributed by atoms with van der Waals surface area (Å²) in [5.74, 6) is -0.0364. The van der Waals surface area contributed by atoms with Crippen LogP contribution < -0.4 is 5.32 Å². The molecule has 0 spiro atoms. The zero-order valence-corrected chi connectivity index (χ0v) is 12.6. The number of nitrogens with one attached hydrogen (secondary N) is 1. The summed E-state index contributed by atoms with van der Waals surface area (Å²) in [5.41, 5.74) is -0.397. The van der Waals surface area contributed by atoms with E-state index in [4.69, 9.17) is 4.74 Å². The molecular formula is C15H26N2O3. The first-order chi connectivity index (χ1) is 9.63. The fraction of sp³-hybridized carbons (Fsp3) is 0.867. The van der Waals surface area contributed by atoms with Gasteiger partial charge in [0.1, 0.15) is 0 Å². The third-order valence-corrected chi connectivity index (χ3v) is 4.77. The molecule has 2 fully saturated rings. The molecule has 1 N–H and O–H groups in total. The zero-order chi connectivity index (χ0) is 14.6. The molecular weight excluding hydrogens is 256 g/mol. The topological polar surface area (TPSA) is 58.6 Å². The van der Waals surface area contributed by atoms with Gasteiger partial charge in [0.2, 0.25) is 5.91 Å². The summed E-state index contributed by atoms with van der Waals surface area (Å²) in [7, 11) is 1.41. The van der Waals surface area contributed by atoms with Crippen molar-refractivity contribution in [2.45, 2.75) is 63.5 Å². The van der Waals surface area contributed by atoms with Crippen LogP contribution in [0.2, 0.25) is 0 Å². The number of esters is 1. The van der Waals surface area contributed by atoms with Crippen molar-refractivity contribution in [1.29, 1.82) is 0 Å². The SMILES string of the molecule is CCC1(C(=O)N2CCCCC2CC(=O)OC)CCCN1. The van der Waals surface area contributed by atoms with E-state index < -0.39 is 5.54 Å². The van der Waals surface area contributed by atoms with Crippen molar-refractivity contribution >= 4 is 11.9 Å². The highest BCUT2D eigenvalue weighted by atomic mass is 16.5. The summed E-state index contributed by atoms with van der Waals surface area (Å²) in [6, 6.07) is 0.00882. The van der Waals surface area contributed by atoms with E-state index in [9.17, 15) is 9.59 Å². The maximum atomic E-state index is 12.9. The molecule has 2 saturated heterocycles. The number of carbonyl (C=O) groups excluding carboxylic acids is 2. The van der Waals surface area contributed by atoms with E-state index in [0.717, 1.165) is 51.6 Å². The molecule has 2 aliphatic heterocycles. The van der Waals surface area contributed by atoms with Crippen molar-refractivity contribution in [3.8, 4) is 0 Å². The monoisotopic (exact) mass is 282 g/mol. The first-order valence-corrected chi connectivity index (χ1v) is 7.76. The van der Waals surface area contributed by atoms with Gasteiger partial charge in [-0.1, -0.05) is 6.92 Å². The van der Waals surface area contributed by atoms with E-state index in [1.54, 1.807) is 0 Å². The number of likely N-dealkylation sites (tertiary alicyclic amines) is 1. The van der Waals surface area contributed by atoms with Crippen molar-refractivity contribution in [1.82, 2.24) is 10.2 Å². The molecule has 0 radical (unpaired) electrons. The van der Waals surface area contributed by atoms with E-state index in [2.05, 4.69) is 12.2 Å². The highest BCUT2D eigenvalue weighted by Crippen LogP contribution is 2.29. The summed E-state index contributed by atoms with van der Waals surface area (Å²) in [4.78, 5) is 26.4. The highest BCUT2D eigenvalue weighted by Gasteiger charge is 2.44. The molecule has 0 aromatic rings. The van der Waals surface area contributed by atoms with E-state index in [1.165, 1.54) is 7.11 Å². The third-order valence-electron chi connectivity index (χ3n) is 4.77. The molecule has 0 aromatic carbocycles. The molecule has 2 rings (SSSR count). The molecule has 0 aromatic heterocycles. The molecule has 2 heterocycles. The van der Waals surface area contributed by atoms with Crippen LogP contribution in [0.4, 0.5) is 0 Å². The fourth-order valence-corrected chi connectivity index (χ4v) is 3.47. The molecule has 1 amide bonds. The molecule has 0 saturated carbocycles. The van der Waals surface area contributed by atoms with Gasteiger partial charge in [0, 0.05) is 12.6 Å². The number of rotatable bonds is 4. The van der Waals surface area contributed by atoms with Gasteiger partial charge in [-0.15, -0.1) is 0 Å². The normalized spacial score (nSPS) is 30.3. The minimum Gasteiger partial charge on any atom is -0.469 e. The van der Waals surface area contributed by atoms with Gasteiger partial charge in [-0.05, 0) is 45.1 Å². The van der Waals surface area contributed by atoms with Crippen LogP contribution in [0, 0.1) is 0 Å². The number of hydrogen-bond acceptors (Lipinski definition) is 4. The van der Waals surface area contributed by atoms with E-state index in [0.29, 0.717) is 6.42 Å². The number of hydrogen-bond donors (Lipinski definition) is 1. The van der Waals surface area contributed by atoms with Crippen molar-refractivity contribution in [2.75, 3.05) is 20.2 Å². The zero-order valence-electron chi connectivity index (χ0n) is 12.6. The Kier molecular flexibility index (Phi) is 5.02. The standard InChI is InChI=1S/C15H26N2O3/c1-3-15(8-6-9-16-15)14(19)17-10-5-4-7-12(17)11-13(18)20-2/h12,16H,3-11H2,1-2H3. The van der Waals surface area contributed by atoms with Crippen LogP contribution >= 0.6 is 0 Å². The summed E-state index contributed by atoms with van der Waals surface area (Å²) < 4.78 is 4.77. The second-order valence-electron chi connectivity index (χ2n) is 5.89. The van der Waals surface area contributed by atoms with Crippen LogP contribution in [0.1, 0.15) is 51.9 Å². The third kappa shape index (κ3) is 2.97. The molecule has 2 atom stereocenters. The lowest BCUT2D eigenvalue weighted by molar-refractivity contribution is -0.147. The quantitative estimate of drug-likeness (QED) is 0.793. The summed E-state index contributed by atoms with van der Waals surface area (Å²) in [5, 5.41) is 3.40. The fourth-order valence-electron chi connectivity index (χ4n) is 3.47. The van der Waals surface area contributed by atoms with Gasteiger partial charge in [-0.3, -0.25) is 9.59 Å². The van der Waals surface area contributed by atoms with Gasteiger partial charge in [0.25, 0.3) is 0 Å². The second kappa shape index (κ2) is 6.57. The van der Waals surface area contributed by atoms with Crippen molar-refractivity contribution in [3.05, 3.63) is 0 Å². The average molecular weight is 282 g/mol. The predicted octanol–water partition coefficient (Wildman–Crippen LogP) is 1.46.